The summed E-state index contributed by atoms with van der Waals surface area (Å²) in [6.45, 7) is -0.159. The van der Waals surface area contributed by atoms with Gasteiger partial charge in [0.2, 0.25) is 21.8 Å². The van der Waals surface area contributed by atoms with Crippen LogP contribution in [0.15, 0.2) is 23.1 Å². The van der Waals surface area contributed by atoms with Gasteiger partial charge in [-0.3, -0.25) is 14.9 Å². The number of hydrogen-bond donors (Lipinski definition) is 3. The Bertz CT molecular complexity index is 639. The monoisotopic (exact) mass is 284 g/mol. The lowest BCUT2D eigenvalue weighted by Crippen LogP contribution is -2.51. The number of para-hydroxylation sites is 1. The number of primary sulfonamides is 1. The van der Waals surface area contributed by atoms with Crippen molar-refractivity contribution in [1.82, 2.24) is 5.32 Å². The smallest absolute Gasteiger partial charge is 0.246 e. The summed E-state index contributed by atoms with van der Waals surface area (Å²) in [4.78, 5) is 23.7. The summed E-state index contributed by atoms with van der Waals surface area (Å²) < 4.78 is 22.7. The van der Waals surface area contributed by atoms with Gasteiger partial charge in [-0.2, -0.15) is 0 Å². The van der Waals surface area contributed by atoms with E-state index in [0.717, 1.165) is 0 Å². The lowest BCUT2D eigenvalue weighted by Gasteiger charge is -2.28. The standard InChI is InChI=1S/C10H12N4O4S/c11-10-6(2-1-3-7(10)19(12,17)18)14-4-8(15)13-9(16)5-14/h1-3H,4-5,11H2,(H2,12,17,18)(H,13,15,16). The topological polar surface area (TPSA) is 136 Å². The van der Waals surface area contributed by atoms with Crippen molar-refractivity contribution >= 4 is 33.2 Å². The molecular formula is C10H12N4O4S. The summed E-state index contributed by atoms with van der Waals surface area (Å²) in [5.74, 6) is -0.951. The van der Waals surface area contributed by atoms with E-state index in [-0.39, 0.29) is 29.4 Å². The fraction of sp³-hybridized carbons (Fsp3) is 0.200. The first-order chi connectivity index (χ1) is 8.79. The lowest BCUT2D eigenvalue weighted by atomic mass is 10.2. The molecular weight excluding hydrogens is 272 g/mol. The predicted molar refractivity (Wildman–Crippen MR) is 67.6 cm³/mol. The molecule has 5 N–H and O–H groups in total. The quantitative estimate of drug-likeness (QED) is 0.441. The van der Waals surface area contributed by atoms with Crippen LogP contribution in [0.3, 0.4) is 0 Å². The van der Waals surface area contributed by atoms with Gasteiger partial charge in [-0.15, -0.1) is 0 Å². The van der Waals surface area contributed by atoms with Crippen molar-refractivity contribution in [2.24, 2.45) is 5.14 Å². The molecule has 2 rings (SSSR count). The SMILES string of the molecule is Nc1c(N2CC(=O)NC(=O)C2)cccc1S(N)(=O)=O. The summed E-state index contributed by atoms with van der Waals surface area (Å²) in [7, 11) is -3.96. The Kier molecular flexibility index (Phi) is 3.16. The number of hydrogen-bond acceptors (Lipinski definition) is 6. The molecule has 1 aliphatic heterocycles. The maximum absolute atomic E-state index is 11.4. The number of nitrogen functional groups attached to an aromatic ring is 1. The third-order valence-electron chi connectivity index (χ3n) is 2.64. The molecule has 2 amide bonds. The van der Waals surface area contributed by atoms with Crippen LogP contribution in [0.4, 0.5) is 11.4 Å². The van der Waals surface area contributed by atoms with Gasteiger partial charge in [0, 0.05) is 0 Å². The molecule has 19 heavy (non-hydrogen) atoms. The average molecular weight is 284 g/mol. The molecule has 1 fully saturated rings. The van der Waals surface area contributed by atoms with Crippen LogP contribution in [-0.2, 0) is 19.6 Å². The number of nitrogens with zero attached hydrogens (tertiary/aromatic N) is 1. The van der Waals surface area contributed by atoms with Gasteiger partial charge in [0.15, 0.2) is 0 Å². The molecule has 1 saturated heterocycles. The van der Waals surface area contributed by atoms with Crippen LogP contribution in [0.1, 0.15) is 0 Å². The molecule has 1 heterocycles. The highest BCUT2D eigenvalue weighted by atomic mass is 32.2. The second kappa shape index (κ2) is 4.52. The molecule has 0 aliphatic carbocycles. The largest absolute Gasteiger partial charge is 0.396 e. The molecule has 0 atom stereocenters. The zero-order valence-electron chi connectivity index (χ0n) is 9.79. The van der Waals surface area contributed by atoms with Gasteiger partial charge >= 0.3 is 0 Å². The number of nitrogens with two attached hydrogens (primary N) is 2. The number of imide groups is 1. The van der Waals surface area contributed by atoms with Gasteiger partial charge in [0.1, 0.15) is 4.90 Å². The molecule has 0 aromatic heterocycles. The lowest BCUT2D eigenvalue weighted by molar-refractivity contribution is -0.130. The van der Waals surface area contributed by atoms with E-state index < -0.39 is 21.8 Å². The van der Waals surface area contributed by atoms with Gasteiger partial charge in [-0.1, -0.05) is 6.07 Å². The van der Waals surface area contributed by atoms with Crippen molar-refractivity contribution in [3.8, 4) is 0 Å². The first kappa shape index (κ1) is 13.3. The zero-order chi connectivity index (χ0) is 14.2. The van der Waals surface area contributed by atoms with E-state index in [0.29, 0.717) is 0 Å². The predicted octanol–water partition coefficient (Wildman–Crippen LogP) is -1.62. The van der Waals surface area contributed by atoms with E-state index in [1.807, 2.05) is 0 Å². The molecule has 102 valence electrons. The fourth-order valence-corrected chi connectivity index (χ4v) is 2.54. The van der Waals surface area contributed by atoms with Crippen LogP contribution in [0.25, 0.3) is 0 Å². The average Bonchev–Trinajstić information content (AvgIpc) is 2.26. The molecule has 0 spiro atoms. The Morgan fingerprint density at radius 3 is 2.26 bits per heavy atom. The summed E-state index contributed by atoms with van der Waals surface area (Å²) in [5.41, 5.74) is 5.96. The summed E-state index contributed by atoms with van der Waals surface area (Å²) >= 11 is 0. The molecule has 0 unspecified atom stereocenters. The minimum atomic E-state index is -3.96. The third kappa shape index (κ3) is 2.66. The second-order valence-electron chi connectivity index (χ2n) is 4.06. The number of piperazine rings is 1. The minimum absolute atomic E-state index is 0.0764. The molecule has 1 aromatic carbocycles. The van der Waals surface area contributed by atoms with Crippen molar-refractivity contribution in [2.75, 3.05) is 23.7 Å². The highest BCUT2D eigenvalue weighted by molar-refractivity contribution is 7.89. The molecule has 8 nitrogen and oxygen atoms in total. The van der Waals surface area contributed by atoms with Crippen LogP contribution in [0.2, 0.25) is 0 Å². The normalized spacial score (nSPS) is 16.4. The van der Waals surface area contributed by atoms with Crippen molar-refractivity contribution in [3.63, 3.8) is 0 Å². The van der Waals surface area contributed by atoms with Gasteiger partial charge < -0.3 is 10.6 Å². The third-order valence-corrected chi connectivity index (χ3v) is 3.61. The molecule has 1 aliphatic rings. The molecule has 9 heteroatoms. The zero-order valence-corrected chi connectivity index (χ0v) is 10.6. The highest BCUT2D eigenvalue weighted by Crippen LogP contribution is 2.29. The Balaban J connectivity index is 2.46. The second-order valence-corrected chi connectivity index (χ2v) is 5.59. The number of sulfonamides is 1. The number of carbonyl (C=O) groups excluding carboxylic acids is 2. The highest BCUT2D eigenvalue weighted by Gasteiger charge is 2.25. The first-order valence-electron chi connectivity index (χ1n) is 5.28. The summed E-state index contributed by atoms with van der Waals surface area (Å²) in [6.07, 6.45) is 0. The van der Waals surface area contributed by atoms with Crippen LogP contribution < -0.4 is 21.1 Å². The Hall–Kier alpha value is -2.13. The Morgan fingerprint density at radius 1 is 1.16 bits per heavy atom. The van der Waals surface area contributed by atoms with Gasteiger partial charge in [-0.25, -0.2) is 13.6 Å². The van der Waals surface area contributed by atoms with E-state index in [4.69, 9.17) is 10.9 Å². The van der Waals surface area contributed by atoms with Crippen molar-refractivity contribution in [2.45, 2.75) is 4.90 Å². The molecule has 0 bridgehead atoms. The first-order valence-corrected chi connectivity index (χ1v) is 6.82. The minimum Gasteiger partial charge on any atom is -0.396 e. The van der Waals surface area contributed by atoms with Gasteiger partial charge in [-0.05, 0) is 12.1 Å². The van der Waals surface area contributed by atoms with Crippen LogP contribution in [-0.4, -0.2) is 33.3 Å². The molecule has 0 saturated carbocycles. The molecule has 0 radical (unpaired) electrons. The van der Waals surface area contributed by atoms with Crippen molar-refractivity contribution in [1.29, 1.82) is 0 Å². The summed E-state index contributed by atoms with van der Waals surface area (Å²) in [5, 5.41) is 7.18. The van der Waals surface area contributed by atoms with Crippen LogP contribution >= 0.6 is 0 Å². The Morgan fingerprint density at radius 2 is 1.74 bits per heavy atom. The van der Waals surface area contributed by atoms with Crippen LogP contribution in [0.5, 0.6) is 0 Å². The van der Waals surface area contributed by atoms with E-state index in [1.54, 1.807) is 0 Å². The van der Waals surface area contributed by atoms with E-state index in [2.05, 4.69) is 5.32 Å². The van der Waals surface area contributed by atoms with Crippen molar-refractivity contribution < 1.29 is 18.0 Å². The van der Waals surface area contributed by atoms with Crippen molar-refractivity contribution in [3.05, 3.63) is 18.2 Å². The van der Waals surface area contributed by atoms with E-state index >= 15 is 0 Å². The van der Waals surface area contributed by atoms with E-state index in [9.17, 15) is 18.0 Å². The number of amides is 2. The number of carbonyl (C=O) groups is 2. The maximum atomic E-state index is 11.4. The van der Waals surface area contributed by atoms with E-state index in [1.165, 1.54) is 23.1 Å². The van der Waals surface area contributed by atoms with Gasteiger partial charge in [0.25, 0.3) is 0 Å². The Labute approximate surface area is 109 Å². The number of rotatable bonds is 2. The molecule has 1 aromatic rings. The number of anilines is 2. The number of benzene rings is 1. The number of nitrogens with one attached hydrogen (secondary N) is 1. The fourth-order valence-electron chi connectivity index (χ4n) is 1.86. The summed E-state index contributed by atoms with van der Waals surface area (Å²) in [6, 6.07) is 4.23. The van der Waals surface area contributed by atoms with Crippen LogP contribution in [0, 0.1) is 0 Å². The van der Waals surface area contributed by atoms with Gasteiger partial charge in [0.05, 0.1) is 24.5 Å². The maximum Gasteiger partial charge on any atom is 0.246 e.